The van der Waals surface area contributed by atoms with Crippen LogP contribution in [0.15, 0.2) is 59.7 Å². The number of carbonyl (C=O) groups is 1. The smallest absolute Gasteiger partial charge is 0.259 e. The number of nitrogens with zero attached hydrogens (tertiary/aromatic N) is 2. The van der Waals surface area contributed by atoms with E-state index in [1.807, 2.05) is 73.5 Å². The third-order valence-electron chi connectivity index (χ3n) is 3.06. The Morgan fingerprint density at radius 1 is 1.14 bits per heavy atom. The number of likely N-dealkylation sites (N-methyl/N-ethyl adjacent to an activating group) is 1. The topological polar surface area (TPSA) is 44.7 Å². The van der Waals surface area contributed by atoms with Gasteiger partial charge in [0.25, 0.3) is 5.91 Å². The predicted molar refractivity (Wildman–Crippen MR) is 86.6 cm³/mol. The first-order valence-corrected chi connectivity index (χ1v) is 6.80. The summed E-state index contributed by atoms with van der Waals surface area (Å²) in [6.45, 7) is 2.29. The zero-order valence-electron chi connectivity index (χ0n) is 12.3. The molecule has 0 saturated carbocycles. The van der Waals surface area contributed by atoms with E-state index in [2.05, 4.69) is 10.5 Å². The first-order valence-electron chi connectivity index (χ1n) is 6.80. The van der Waals surface area contributed by atoms with Crippen LogP contribution in [0.1, 0.15) is 11.1 Å². The number of para-hydroxylation sites is 1. The standard InChI is InChI=1S/C17H19N3O/c1-14-8-10-15(11-9-14)12-18-19-17(21)13-20(2)16-6-4-3-5-7-16/h3-12H,13H2,1-2H3,(H,19,21)/b18-12+. The van der Waals surface area contributed by atoms with Gasteiger partial charge in [-0.15, -0.1) is 0 Å². The van der Waals surface area contributed by atoms with Gasteiger partial charge in [-0.2, -0.15) is 5.10 Å². The number of nitrogens with one attached hydrogen (secondary N) is 1. The summed E-state index contributed by atoms with van der Waals surface area (Å²) in [4.78, 5) is 13.7. The first kappa shape index (κ1) is 14.8. The van der Waals surface area contributed by atoms with Crippen molar-refractivity contribution in [1.82, 2.24) is 5.43 Å². The van der Waals surface area contributed by atoms with Crippen molar-refractivity contribution in [3.8, 4) is 0 Å². The minimum absolute atomic E-state index is 0.148. The number of aryl methyl sites for hydroxylation is 1. The fraction of sp³-hybridized carbons (Fsp3) is 0.176. The second-order valence-electron chi connectivity index (χ2n) is 4.90. The third-order valence-corrected chi connectivity index (χ3v) is 3.06. The second-order valence-corrected chi connectivity index (χ2v) is 4.90. The van der Waals surface area contributed by atoms with Gasteiger partial charge in [0.05, 0.1) is 12.8 Å². The van der Waals surface area contributed by atoms with Crippen LogP contribution in [0.25, 0.3) is 0 Å². The summed E-state index contributed by atoms with van der Waals surface area (Å²) in [5, 5.41) is 3.97. The molecule has 0 spiro atoms. The van der Waals surface area contributed by atoms with Crippen LogP contribution in [0.2, 0.25) is 0 Å². The van der Waals surface area contributed by atoms with E-state index >= 15 is 0 Å². The molecule has 1 amide bonds. The lowest BCUT2D eigenvalue weighted by Gasteiger charge is -2.17. The average molecular weight is 281 g/mol. The Kier molecular flexibility index (Phi) is 5.10. The van der Waals surface area contributed by atoms with Gasteiger partial charge in [-0.05, 0) is 24.6 Å². The molecule has 4 heteroatoms. The lowest BCUT2D eigenvalue weighted by molar-refractivity contribution is -0.119. The summed E-state index contributed by atoms with van der Waals surface area (Å²) in [7, 11) is 1.87. The van der Waals surface area contributed by atoms with Crippen LogP contribution in [0.4, 0.5) is 5.69 Å². The molecule has 21 heavy (non-hydrogen) atoms. The molecule has 0 radical (unpaired) electrons. The molecule has 0 aliphatic rings. The molecule has 0 aliphatic carbocycles. The number of carbonyl (C=O) groups excluding carboxylic acids is 1. The molecule has 0 saturated heterocycles. The molecular weight excluding hydrogens is 262 g/mol. The Morgan fingerprint density at radius 2 is 1.81 bits per heavy atom. The quantitative estimate of drug-likeness (QED) is 0.676. The number of benzene rings is 2. The lowest BCUT2D eigenvalue weighted by Crippen LogP contribution is -2.32. The molecule has 0 aromatic heterocycles. The van der Waals surface area contributed by atoms with Crippen molar-refractivity contribution in [3.05, 3.63) is 65.7 Å². The van der Waals surface area contributed by atoms with Crippen molar-refractivity contribution in [3.63, 3.8) is 0 Å². The van der Waals surface area contributed by atoms with E-state index < -0.39 is 0 Å². The van der Waals surface area contributed by atoms with Crippen LogP contribution < -0.4 is 10.3 Å². The van der Waals surface area contributed by atoms with Gasteiger partial charge in [0.2, 0.25) is 0 Å². The molecule has 2 aromatic carbocycles. The summed E-state index contributed by atoms with van der Waals surface area (Å²) < 4.78 is 0. The van der Waals surface area contributed by atoms with Crippen molar-refractivity contribution in [2.75, 3.05) is 18.5 Å². The van der Waals surface area contributed by atoms with Crippen molar-refractivity contribution in [2.24, 2.45) is 5.10 Å². The highest BCUT2D eigenvalue weighted by molar-refractivity contribution is 5.84. The number of amides is 1. The Balaban J connectivity index is 1.83. The summed E-state index contributed by atoms with van der Waals surface area (Å²) in [6.07, 6.45) is 1.64. The van der Waals surface area contributed by atoms with Crippen LogP contribution in [0.5, 0.6) is 0 Å². The zero-order chi connectivity index (χ0) is 15.1. The Bertz CT molecular complexity index is 606. The van der Waals surface area contributed by atoms with Crippen molar-refractivity contribution < 1.29 is 4.79 Å². The molecule has 108 valence electrons. The number of rotatable bonds is 5. The summed E-state index contributed by atoms with van der Waals surface area (Å²) in [6, 6.07) is 17.7. The second kappa shape index (κ2) is 7.24. The highest BCUT2D eigenvalue weighted by Gasteiger charge is 2.05. The SMILES string of the molecule is Cc1ccc(/C=N/NC(=O)CN(C)c2ccccc2)cc1. The Hall–Kier alpha value is -2.62. The normalized spacial score (nSPS) is 10.6. The van der Waals surface area contributed by atoms with Crippen LogP contribution in [-0.2, 0) is 4.79 Å². The Morgan fingerprint density at radius 3 is 2.48 bits per heavy atom. The van der Waals surface area contributed by atoms with Crippen molar-refractivity contribution in [2.45, 2.75) is 6.92 Å². The van der Waals surface area contributed by atoms with Crippen LogP contribution >= 0.6 is 0 Å². The Labute approximate surface area is 125 Å². The highest BCUT2D eigenvalue weighted by atomic mass is 16.2. The van der Waals surface area contributed by atoms with Gasteiger partial charge >= 0.3 is 0 Å². The molecule has 0 heterocycles. The predicted octanol–water partition coefficient (Wildman–Crippen LogP) is 2.58. The summed E-state index contributed by atoms with van der Waals surface area (Å²) in [5.74, 6) is -0.148. The van der Waals surface area contributed by atoms with E-state index in [1.54, 1.807) is 6.21 Å². The van der Waals surface area contributed by atoms with Crippen LogP contribution in [0, 0.1) is 6.92 Å². The van der Waals surface area contributed by atoms with Crippen molar-refractivity contribution >= 4 is 17.8 Å². The third kappa shape index (κ3) is 4.76. The molecule has 0 atom stereocenters. The average Bonchev–Trinajstić information content (AvgIpc) is 2.50. The summed E-state index contributed by atoms with van der Waals surface area (Å²) >= 11 is 0. The summed E-state index contributed by atoms with van der Waals surface area (Å²) in [5.41, 5.74) is 5.68. The first-order chi connectivity index (χ1) is 10.1. The van der Waals surface area contributed by atoms with E-state index in [9.17, 15) is 4.79 Å². The van der Waals surface area contributed by atoms with Gasteiger partial charge in [-0.3, -0.25) is 4.79 Å². The number of hydrogen-bond acceptors (Lipinski definition) is 3. The molecule has 4 nitrogen and oxygen atoms in total. The van der Waals surface area contributed by atoms with E-state index in [1.165, 1.54) is 5.56 Å². The number of anilines is 1. The molecule has 2 aromatic rings. The maximum Gasteiger partial charge on any atom is 0.259 e. The maximum absolute atomic E-state index is 11.8. The van der Waals surface area contributed by atoms with Crippen LogP contribution in [-0.4, -0.2) is 25.7 Å². The molecule has 2 rings (SSSR count). The number of hydrazone groups is 1. The van der Waals surface area contributed by atoms with E-state index in [0.29, 0.717) is 0 Å². The minimum atomic E-state index is -0.148. The van der Waals surface area contributed by atoms with E-state index in [0.717, 1.165) is 11.3 Å². The van der Waals surface area contributed by atoms with Gasteiger partial charge in [0.15, 0.2) is 0 Å². The highest BCUT2D eigenvalue weighted by Crippen LogP contribution is 2.09. The van der Waals surface area contributed by atoms with Gasteiger partial charge < -0.3 is 4.90 Å². The molecule has 0 bridgehead atoms. The fourth-order valence-electron chi connectivity index (χ4n) is 1.86. The van der Waals surface area contributed by atoms with E-state index in [-0.39, 0.29) is 12.5 Å². The van der Waals surface area contributed by atoms with Crippen molar-refractivity contribution in [1.29, 1.82) is 0 Å². The number of hydrogen-bond donors (Lipinski definition) is 1. The fourth-order valence-corrected chi connectivity index (χ4v) is 1.86. The zero-order valence-corrected chi connectivity index (χ0v) is 12.3. The molecular formula is C17H19N3O. The molecule has 1 N–H and O–H groups in total. The minimum Gasteiger partial charge on any atom is -0.365 e. The molecule has 0 aliphatic heterocycles. The largest absolute Gasteiger partial charge is 0.365 e. The van der Waals surface area contributed by atoms with Gasteiger partial charge in [0.1, 0.15) is 0 Å². The van der Waals surface area contributed by atoms with E-state index in [4.69, 9.17) is 0 Å². The molecule has 0 unspecified atom stereocenters. The van der Waals surface area contributed by atoms with Crippen LogP contribution in [0.3, 0.4) is 0 Å². The lowest BCUT2D eigenvalue weighted by atomic mass is 10.2. The van der Waals surface area contributed by atoms with Gasteiger partial charge in [0, 0.05) is 12.7 Å². The monoisotopic (exact) mass is 281 g/mol. The maximum atomic E-state index is 11.8. The molecule has 0 fully saturated rings. The van der Waals surface area contributed by atoms with Gasteiger partial charge in [-0.25, -0.2) is 5.43 Å². The van der Waals surface area contributed by atoms with Gasteiger partial charge in [-0.1, -0.05) is 48.0 Å².